The smallest absolute Gasteiger partial charge is 0.224 e. The summed E-state index contributed by atoms with van der Waals surface area (Å²) in [5.41, 5.74) is 3.45. The average Bonchev–Trinajstić information content (AvgIpc) is 2.47. The van der Waals surface area contributed by atoms with Crippen LogP contribution in [0.15, 0.2) is 54.6 Å². The van der Waals surface area contributed by atoms with Crippen LogP contribution < -0.4 is 5.32 Å². The van der Waals surface area contributed by atoms with E-state index < -0.39 is 0 Å². The molecule has 0 heterocycles. The van der Waals surface area contributed by atoms with Crippen molar-refractivity contribution in [3.63, 3.8) is 0 Å². The van der Waals surface area contributed by atoms with E-state index in [2.05, 4.69) is 57.3 Å². The Morgan fingerprint density at radius 3 is 2.14 bits per heavy atom. The van der Waals surface area contributed by atoms with E-state index in [0.717, 1.165) is 5.69 Å². The lowest BCUT2D eigenvalue weighted by atomic mass is 9.87. The largest absolute Gasteiger partial charge is 0.326 e. The molecule has 0 aromatic heterocycles. The van der Waals surface area contributed by atoms with Crippen LogP contribution >= 0.6 is 0 Å². The van der Waals surface area contributed by atoms with Gasteiger partial charge in [-0.1, -0.05) is 70.2 Å². The SMILES string of the molecule is C[C@@H](CC(=O)Nc1ccc(C(C)(C)C)cc1)c1ccccc1. The third-order valence-corrected chi connectivity index (χ3v) is 3.89. The van der Waals surface area contributed by atoms with Crippen molar-refractivity contribution in [1.29, 1.82) is 0 Å². The molecule has 2 aromatic rings. The first-order chi connectivity index (χ1) is 10.4. The van der Waals surface area contributed by atoms with E-state index >= 15 is 0 Å². The number of hydrogen-bond donors (Lipinski definition) is 1. The van der Waals surface area contributed by atoms with E-state index in [1.54, 1.807) is 0 Å². The third kappa shape index (κ3) is 4.45. The Kier molecular flexibility index (Phi) is 5.02. The summed E-state index contributed by atoms with van der Waals surface area (Å²) < 4.78 is 0. The Bertz CT molecular complexity index is 608. The summed E-state index contributed by atoms with van der Waals surface area (Å²) in [4.78, 5) is 12.2. The maximum absolute atomic E-state index is 12.2. The maximum Gasteiger partial charge on any atom is 0.224 e. The summed E-state index contributed by atoms with van der Waals surface area (Å²) in [6, 6.07) is 18.3. The summed E-state index contributed by atoms with van der Waals surface area (Å²) in [5, 5.41) is 2.98. The fraction of sp³-hybridized carbons (Fsp3) is 0.350. The summed E-state index contributed by atoms with van der Waals surface area (Å²) in [7, 11) is 0. The number of carbonyl (C=O) groups excluding carboxylic acids is 1. The molecule has 2 rings (SSSR count). The van der Waals surface area contributed by atoms with Crippen molar-refractivity contribution in [2.45, 2.75) is 45.4 Å². The number of rotatable bonds is 4. The van der Waals surface area contributed by atoms with Crippen LogP contribution in [0, 0.1) is 0 Å². The molecule has 0 spiro atoms. The standard InChI is InChI=1S/C20H25NO/c1-15(16-8-6-5-7-9-16)14-19(22)21-18-12-10-17(11-13-18)20(2,3)4/h5-13,15H,14H2,1-4H3,(H,21,22)/t15-/m0/s1. The van der Waals surface area contributed by atoms with Gasteiger partial charge >= 0.3 is 0 Å². The van der Waals surface area contributed by atoms with E-state index in [-0.39, 0.29) is 17.2 Å². The van der Waals surface area contributed by atoms with Crippen LogP contribution in [0.1, 0.15) is 51.2 Å². The van der Waals surface area contributed by atoms with Crippen LogP contribution in [0.2, 0.25) is 0 Å². The van der Waals surface area contributed by atoms with Crippen molar-refractivity contribution in [2.75, 3.05) is 5.32 Å². The lowest BCUT2D eigenvalue weighted by molar-refractivity contribution is -0.116. The molecule has 0 bridgehead atoms. The number of nitrogens with one attached hydrogen (secondary N) is 1. The molecule has 0 saturated carbocycles. The van der Waals surface area contributed by atoms with Crippen LogP contribution in [0.4, 0.5) is 5.69 Å². The quantitative estimate of drug-likeness (QED) is 0.833. The minimum absolute atomic E-state index is 0.0554. The zero-order chi connectivity index (χ0) is 16.2. The molecule has 22 heavy (non-hydrogen) atoms. The first kappa shape index (κ1) is 16.3. The number of anilines is 1. The van der Waals surface area contributed by atoms with Gasteiger partial charge in [-0.3, -0.25) is 4.79 Å². The molecule has 1 atom stereocenters. The predicted molar refractivity (Wildman–Crippen MR) is 93.2 cm³/mol. The maximum atomic E-state index is 12.2. The summed E-state index contributed by atoms with van der Waals surface area (Å²) in [5.74, 6) is 0.273. The van der Waals surface area contributed by atoms with Gasteiger partial charge in [0, 0.05) is 12.1 Å². The molecule has 0 aliphatic rings. The highest BCUT2D eigenvalue weighted by Gasteiger charge is 2.14. The van der Waals surface area contributed by atoms with E-state index in [0.29, 0.717) is 6.42 Å². The van der Waals surface area contributed by atoms with Crippen molar-refractivity contribution in [2.24, 2.45) is 0 Å². The molecule has 0 aliphatic carbocycles. The molecule has 0 saturated heterocycles. The van der Waals surface area contributed by atoms with Crippen LogP contribution in [-0.2, 0) is 10.2 Å². The topological polar surface area (TPSA) is 29.1 Å². The molecule has 1 N–H and O–H groups in total. The van der Waals surface area contributed by atoms with E-state index in [9.17, 15) is 4.79 Å². The van der Waals surface area contributed by atoms with Gasteiger partial charge in [0.2, 0.25) is 5.91 Å². The molecule has 1 amide bonds. The van der Waals surface area contributed by atoms with Gasteiger partial charge in [0.15, 0.2) is 0 Å². The highest BCUT2D eigenvalue weighted by atomic mass is 16.1. The molecule has 2 aromatic carbocycles. The Labute approximate surface area is 133 Å². The Hall–Kier alpha value is -2.09. The van der Waals surface area contributed by atoms with Gasteiger partial charge in [0.25, 0.3) is 0 Å². The molecule has 0 radical (unpaired) electrons. The van der Waals surface area contributed by atoms with Crippen LogP contribution in [0.25, 0.3) is 0 Å². The van der Waals surface area contributed by atoms with Crippen LogP contribution in [0.3, 0.4) is 0 Å². The van der Waals surface area contributed by atoms with Gasteiger partial charge in [-0.2, -0.15) is 0 Å². The lowest BCUT2D eigenvalue weighted by Crippen LogP contribution is -2.15. The molecule has 116 valence electrons. The van der Waals surface area contributed by atoms with Gasteiger partial charge in [-0.25, -0.2) is 0 Å². The van der Waals surface area contributed by atoms with Gasteiger partial charge in [0.05, 0.1) is 0 Å². The Morgan fingerprint density at radius 2 is 1.59 bits per heavy atom. The first-order valence-corrected chi connectivity index (χ1v) is 7.81. The van der Waals surface area contributed by atoms with Gasteiger partial charge in [-0.05, 0) is 34.6 Å². The molecule has 2 heteroatoms. The first-order valence-electron chi connectivity index (χ1n) is 7.81. The van der Waals surface area contributed by atoms with Gasteiger partial charge in [-0.15, -0.1) is 0 Å². The molecular weight excluding hydrogens is 270 g/mol. The number of carbonyl (C=O) groups is 1. The Morgan fingerprint density at radius 1 is 1.00 bits per heavy atom. The molecule has 0 aliphatic heterocycles. The fourth-order valence-corrected chi connectivity index (χ4v) is 2.44. The number of amides is 1. The Balaban J connectivity index is 1.95. The second kappa shape index (κ2) is 6.78. The predicted octanol–water partition coefficient (Wildman–Crippen LogP) is 5.12. The number of hydrogen-bond acceptors (Lipinski definition) is 1. The molecule has 2 nitrogen and oxygen atoms in total. The molecular formula is C20H25NO. The lowest BCUT2D eigenvalue weighted by Gasteiger charge is -2.19. The van der Waals surface area contributed by atoms with Crippen molar-refractivity contribution >= 4 is 11.6 Å². The monoisotopic (exact) mass is 295 g/mol. The van der Waals surface area contributed by atoms with Crippen molar-refractivity contribution in [3.05, 3.63) is 65.7 Å². The van der Waals surface area contributed by atoms with E-state index in [1.165, 1.54) is 11.1 Å². The minimum atomic E-state index is 0.0554. The third-order valence-electron chi connectivity index (χ3n) is 3.89. The second-order valence-corrected chi connectivity index (χ2v) is 6.89. The molecule has 0 fully saturated rings. The average molecular weight is 295 g/mol. The fourth-order valence-electron chi connectivity index (χ4n) is 2.44. The molecule has 0 unspecified atom stereocenters. The van der Waals surface area contributed by atoms with E-state index in [1.807, 2.05) is 30.3 Å². The zero-order valence-corrected chi connectivity index (χ0v) is 13.9. The minimum Gasteiger partial charge on any atom is -0.326 e. The van der Waals surface area contributed by atoms with Crippen LogP contribution in [-0.4, -0.2) is 5.91 Å². The van der Waals surface area contributed by atoms with Crippen molar-refractivity contribution < 1.29 is 4.79 Å². The second-order valence-electron chi connectivity index (χ2n) is 6.89. The van der Waals surface area contributed by atoms with Crippen molar-refractivity contribution in [3.8, 4) is 0 Å². The van der Waals surface area contributed by atoms with Gasteiger partial charge in [0.1, 0.15) is 0 Å². The van der Waals surface area contributed by atoms with Gasteiger partial charge < -0.3 is 5.32 Å². The summed E-state index contributed by atoms with van der Waals surface area (Å²) in [6.07, 6.45) is 0.491. The zero-order valence-electron chi connectivity index (χ0n) is 13.9. The van der Waals surface area contributed by atoms with Crippen molar-refractivity contribution in [1.82, 2.24) is 0 Å². The summed E-state index contributed by atoms with van der Waals surface area (Å²) in [6.45, 7) is 8.63. The number of benzene rings is 2. The summed E-state index contributed by atoms with van der Waals surface area (Å²) >= 11 is 0. The van der Waals surface area contributed by atoms with Crippen LogP contribution in [0.5, 0.6) is 0 Å². The highest BCUT2D eigenvalue weighted by molar-refractivity contribution is 5.91. The normalized spacial score (nSPS) is 12.7. The van der Waals surface area contributed by atoms with E-state index in [4.69, 9.17) is 0 Å². The highest BCUT2D eigenvalue weighted by Crippen LogP contribution is 2.24.